The van der Waals surface area contributed by atoms with E-state index in [0.717, 1.165) is 42.4 Å². The second-order valence-electron chi connectivity index (χ2n) is 6.94. The molecule has 0 spiro atoms. The van der Waals surface area contributed by atoms with Gasteiger partial charge in [0.15, 0.2) is 0 Å². The van der Waals surface area contributed by atoms with Crippen LogP contribution in [-0.2, 0) is 23.3 Å². The Morgan fingerprint density at radius 3 is 1.81 bits per heavy atom. The maximum Gasteiger partial charge on any atom is 0.338 e. The normalized spacial score (nSPS) is 19.0. The number of thioether (sulfide) groups is 1. The average molecular weight is 419 g/mol. The Bertz CT molecular complexity index is 696. The SMILES string of the molecule is Cc1ccc(C(=O)OC2CCC(SC(=O)c3ccc(C)cc3)CC2)cc1.[V]. The summed E-state index contributed by atoms with van der Waals surface area (Å²) in [5.74, 6) is -0.253. The molecule has 0 saturated heterocycles. The number of esters is 1. The molecule has 1 saturated carbocycles. The summed E-state index contributed by atoms with van der Waals surface area (Å²) in [4.78, 5) is 24.6. The van der Waals surface area contributed by atoms with Crippen molar-refractivity contribution in [1.29, 1.82) is 0 Å². The quantitative estimate of drug-likeness (QED) is 0.628. The smallest absolute Gasteiger partial charge is 0.338 e. The van der Waals surface area contributed by atoms with Crippen LogP contribution < -0.4 is 0 Å². The van der Waals surface area contributed by atoms with Gasteiger partial charge in [-0.2, -0.15) is 0 Å². The third-order valence-corrected chi connectivity index (χ3v) is 6.00. The van der Waals surface area contributed by atoms with E-state index < -0.39 is 0 Å². The second kappa shape index (κ2) is 10.2. The van der Waals surface area contributed by atoms with E-state index in [1.54, 1.807) is 12.1 Å². The number of hydrogen-bond donors (Lipinski definition) is 0. The van der Waals surface area contributed by atoms with Gasteiger partial charge in [-0.15, -0.1) is 0 Å². The number of hydrogen-bond acceptors (Lipinski definition) is 4. The first-order chi connectivity index (χ1) is 12.5. The van der Waals surface area contributed by atoms with Crippen molar-refractivity contribution < 1.29 is 32.9 Å². The molecule has 0 aliphatic heterocycles. The molecule has 2 aromatic carbocycles. The van der Waals surface area contributed by atoms with Crippen LogP contribution in [0.2, 0.25) is 0 Å². The summed E-state index contributed by atoms with van der Waals surface area (Å²) in [6, 6.07) is 15.2. The molecule has 5 heteroatoms. The van der Waals surface area contributed by atoms with Gasteiger partial charge >= 0.3 is 5.97 Å². The van der Waals surface area contributed by atoms with Crippen molar-refractivity contribution >= 4 is 22.8 Å². The zero-order valence-corrected chi connectivity index (χ0v) is 17.9. The third-order valence-electron chi connectivity index (χ3n) is 4.74. The van der Waals surface area contributed by atoms with Crippen LogP contribution >= 0.6 is 11.8 Å². The monoisotopic (exact) mass is 419 g/mol. The van der Waals surface area contributed by atoms with Crippen LogP contribution in [0.5, 0.6) is 0 Å². The fraction of sp³-hybridized carbons (Fsp3) is 0.364. The van der Waals surface area contributed by atoms with Crippen LogP contribution in [0.15, 0.2) is 48.5 Å². The molecule has 0 aromatic heterocycles. The number of carbonyl (C=O) groups is 2. The molecule has 3 rings (SSSR count). The summed E-state index contributed by atoms with van der Waals surface area (Å²) in [6.07, 6.45) is 3.38. The molecule has 27 heavy (non-hydrogen) atoms. The molecule has 0 N–H and O–H groups in total. The number of rotatable bonds is 4. The van der Waals surface area contributed by atoms with Crippen molar-refractivity contribution in [2.75, 3.05) is 0 Å². The Labute approximate surface area is 177 Å². The van der Waals surface area contributed by atoms with Crippen LogP contribution in [0.1, 0.15) is 57.5 Å². The summed E-state index contributed by atoms with van der Waals surface area (Å²) in [5, 5.41) is 0.434. The van der Waals surface area contributed by atoms with Crippen LogP contribution in [0.25, 0.3) is 0 Å². The molecule has 0 amide bonds. The van der Waals surface area contributed by atoms with E-state index in [9.17, 15) is 9.59 Å². The van der Waals surface area contributed by atoms with E-state index in [2.05, 4.69) is 0 Å². The van der Waals surface area contributed by atoms with Crippen molar-refractivity contribution in [3.63, 3.8) is 0 Å². The molecule has 3 nitrogen and oxygen atoms in total. The van der Waals surface area contributed by atoms with Crippen molar-refractivity contribution in [3.05, 3.63) is 70.8 Å². The second-order valence-corrected chi connectivity index (χ2v) is 8.21. The molecule has 0 unspecified atom stereocenters. The summed E-state index contributed by atoms with van der Waals surface area (Å²) < 4.78 is 5.64. The minimum absolute atomic E-state index is 0. The Morgan fingerprint density at radius 1 is 0.815 bits per heavy atom. The van der Waals surface area contributed by atoms with Gasteiger partial charge in [0.2, 0.25) is 5.12 Å². The van der Waals surface area contributed by atoms with Crippen LogP contribution in [0, 0.1) is 13.8 Å². The maximum atomic E-state index is 12.4. The minimum Gasteiger partial charge on any atom is -0.459 e. The molecular weight excluding hydrogens is 395 g/mol. The summed E-state index contributed by atoms with van der Waals surface area (Å²) in [7, 11) is 0. The predicted molar refractivity (Wildman–Crippen MR) is 106 cm³/mol. The van der Waals surface area contributed by atoms with Gasteiger partial charge in [0, 0.05) is 29.4 Å². The third kappa shape index (κ3) is 6.27. The molecule has 1 aliphatic rings. The molecule has 1 aliphatic carbocycles. The molecule has 2 aromatic rings. The van der Waals surface area contributed by atoms with Gasteiger partial charge in [-0.25, -0.2) is 4.79 Å². The molecule has 0 heterocycles. The number of benzene rings is 2. The van der Waals surface area contributed by atoms with Crippen molar-refractivity contribution in [1.82, 2.24) is 0 Å². The van der Waals surface area contributed by atoms with Gasteiger partial charge in [0.05, 0.1) is 5.56 Å². The van der Waals surface area contributed by atoms with Gasteiger partial charge in [-0.05, 0) is 51.7 Å². The zero-order chi connectivity index (χ0) is 18.5. The number of aryl methyl sites for hydroxylation is 2. The Morgan fingerprint density at radius 2 is 1.30 bits per heavy atom. The van der Waals surface area contributed by atoms with Crippen LogP contribution in [-0.4, -0.2) is 22.4 Å². The van der Waals surface area contributed by atoms with Crippen molar-refractivity contribution in [3.8, 4) is 0 Å². The Hall–Kier alpha value is -1.49. The maximum absolute atomic E-state index is 12.4. The van der Waals surface area contributed by atoms with E-state index in [4.69, 9.17) is 4.74 Å². The fourth-order valence-electron chi connectivity index (χ4n) is 3.09. The first kappa shape index (κ1) is 21.8. The van der Waals surface area contributed by atoms with Crippen molar-refractivity contribution in [2.24, 2.45) is 0 Å². The van der Waals surface area contributed by atoms with E-state index in [-0.39, 0.29) is 35.7 Å². The van der Waals surface area contributed by atoms with Crippen molar-refractivity contribution in [2.45, 2.75) is 50.9 Å². The van der Waals surface area contributed by atoms with E-state index in [1.807, 2.05) is 50.2 Å². The summed E-state index contributed by atoms with van der Waals surface area (Å²) in [5.41, 5.74) is 3.63. The average Bonchev–Trinajstić information content (AvgIpc) is 2.64. The van der Waals surface area contributed by atoms with Crippen LogP contribution in [0.4, 0.5) is 0 Å². The first-order valence-corrected chi connectivity index (χ1v) is 9.94. The van der Waals surface area contributed by atoms with Crippen LogP contribution in [0.3, 0.4) is 0 Å². The molecule has 1 fully saturated rings. The van der Waals surface area contributed by atoms with Gasteiger partial charge in [0.25, 0.3) is 0 Å². The molecule has 1 radical (unpaired) electrons. The summed E-state index contributed by atoms with van der Waals surface area (Å²) >= 11 is 1.42. The zero-order valence-electron chi connectivity index (χ0n) is 15.7. The Balaban J connectivity index is 0.00000261. The minimum atomic E-state index is -0.253. The van der Waals surface area contributed by atoms with E-state index in [0.29, 0.717) is 10.8 Å². The predicted octanol–water partition coefficient (Wildman–Crippen LogP) is 5.34. The van der Waals surface area contributed by atoms with Gasteiger partial charge in [-0.3, -0.25) is 4.79 Å². The van der Waals surface area contributed by atoms with E-state index >= 15 is 0 Å². The topological polar surface area (TPSA) is 43.4 Å². The van der Waals surface area contributed by atoms with Gasteiger partial charge in [0.1, 0.15) is 6.10 Å². The largest absolute Gasteiger partial charge is 0.459 e. The fourth-order valence-corrected chi connectivity index (χ4v) is 4.17. The molecular formula is C22H24O3SV. The van der Waals surface area contributed by atoms with Gasteiger partial charge < -0.3 is 4.74 Å². The number of ether oxygens (including phenoxy) is 1. The summed E-state index contributed by atoms with van der Waals surface area (Å²) in [6.45, 7) is 4.01. The molecule has 141 valence electrons. The molecule has 0 atom stereocenters. The van der Waals surface area contributed by atoms with E-state index in [1.165, 1.54) is 11.8 Å². The number of carbonyl (C=O) groups excluding carboxylic acids is 2. The Kier molecular flexibility index (Phi) is 8.21. The standard InChI is InChI=1S/C22H24O3S.V/c1-15-3-7-17(8-4-15)21(23)25-19-11-13-20(14-12-19)26-22(24)18-9-5-16(2)6-10-18;/h3-10,19-20H,11-14H2,1-2H3;. The van der Waals surface area contributed by atoms with Gasteiger partial charge in [-0.1, -0.05) is 59.3 Å². The first-order valence-electron chi connectivity index (χ1n) is 9.06. The molecule has 0 bridgehead atoms.